The molecule has 0 spiro atoms. The summed E-state index contributed by atoms with van der Waals surface area (Å²) < 4.78 is 5.80. The number of benzene rings is 2. The topological polar surface area (TPSA) is 63.0 Å². The largest absolute Gasteiger partial charge is 0.489 e. The molecule has 0 aliphatic rings. The first-order chi connectivity index (χ1) is 13.0. The molecule has 0 aliphatic carbocycles. The fourth-order valence-corrected chi connectivity index (χ4v) is 2.97. The van der Waals surface area contributed by atoms with Crippen molar-refractivity contribution >= 4 is 5.78 Å². The van der Waals surface area contributed by atoms with E-state index < -0.39 is 0 Å². The van der Waals surface area contributed by atoms with E-state index in [1.165, 1.54) is 0 Å². The third-order valence-electron chi connectivity index (χ3n) is 4.12. The molecule has 0 N–H and O–H groups in total. The molecule has 0 amide bonds. The van der Waals surface area contributed by atoms with Crippen molar-refractivity contribution in [3.05, 3.63) is 94.3 Å². The molecule has 1 aromatic heterocycles. The molecule has 0 saturated carbocycles. The number of pyridine rings is 1. The van der Waals surface area contributed by atoms with Crippen LogP contribution in [-0.2, 0) is 13.0 Å². The van der Waals surface area contributed by atoms with Gasteiger partial charge in [0.25, 0.3) is 0 Å². The van der Waals surface area contributed by atoms with E-state index in [9.17, 15) is 4.79 Å². The lowest BCUT2D eigenvalue weighted by Gasteiger charge is -2.09. The molecule has 3 rings (SSSR count). The van der Waals surface area contributed by atoms with E-state index in [4.69, 9.17) is 10.00 Å². The summed E-state index contributed by atoms with van der Waals surface area (Å²) in [5.74, 6) is 0.669. The van der Waals surface area contributed by atoms with Gasteiger partial charge in [0, 0.05) is 23.4 Å². The van der Waals surface area contributed by atoms with Crippen LogP contribution < -0.4 is 4.74 Å². The Morgan fingerprint density at radius 3 is 2.48 bits per heavy atom. The Morgan fingerprint density at radius 2 is 1.74 bits per heavy atom. The Labute approximate surface area is 159 Å². The quantitative estimate of drug-likeness (QED) is 0.607. The first-order valence-corrected chi connectivity index (χ1v) is 8.73. The Kier molecular flexibility index (Phi) is 5.63. The lowest BCUT2D eigenvalue weighted by Crippen LogP contribution is -2.05. The van der Waals surface area contributed by atoms with Gasteiger partial charge >= 0.3 is 0 Å². The zero-order valence-corrected chi connectivity index (χ0v) is 15.4. The van der Waals surface area contributed by atoms with Crippen LogP contribution in [0.15, 0.2) is 60.7 Å². The van der Waals surface area contributed by atoms with E-state index in [0.717, 1.165) is 22.5 Å². The van der Waals surface area contributed by atoms with Gasteiger partial charge in [-0.3, -0.25) is 9.78 Å². The number of hydrogen-bond donors (Lipinski definition) is 0. The standard InChI is InChI=1S/C23H20N2O2/c1-16-9-20(10-17(2)25-16)12-23(26)21-7-4-8-22(13-21)27-15-19-6-3-5-18(11-19)14-24/h3-11,13H,12,15H2,1-2H3. The number of nitriles is 1. The first kappa shape index (κ1) is 18.3. The van der Waals surface area contributed by atoms with Crippen molar-refractivity contribution < 1.29 is 9.53 Å². The predicted octanol–water partition coefficient (Wildman–Crippen LogP) is 4.57. The summed E-state index contributed by atoms with van der Waals surface area (Å²) in [4.78, 5) is 17.0. The number of ketones is 1. The van der Waals surface area contributed by atoms with Gasteiger partial charge in [-0.25, -0.2) is 0 Å². The van der Waals surface area contributed by atoms with Crippen LogP contribution in [0.3, 0.4) is 0 Å². The number of Topliss-reactive ketones (excluding diaryl/α,β-unsaturated/α-hetero) is 1. The van der Waals surface area contributed by atoms with E-state index in [1.54, 1.807) is 24.3 Å². The van der Waals surface area contributed by atoms with Crippen LogP contribution in [0.1, 0.15) is 38.4 Å². The molecule has 0 atom stereocenters. The molecule has 27 heavy (non-hydrogen) atoms. The molecule has 0 bridgehead atoms. The lowest BCUT2D eigenvalue weighted by atomic mass is 10.0. The summed E-state index contributed by atoms with van der Waals surface area (Å²) in [5, 5.41) is 8.97. The highest BCUT2D eigenvalue weighted by atomic mass is 16.5. The zero-order chi connectivity index (χ0) is 19.2. The van der Waals surface area contributed by atoms with E-state index in [2.05, 4.69) is 11.1 Å². The maximum atomic E-state index is 12.6. The summed E-state index contributed by atoms with van der Waals surface area (Å²) in [5.41, 5.74) is 4.91. The maximum Gasteiger partial charge on any atom is 0.167 e. The van der Waals surface area contributed by atoms with Gasteiger partial charge in [0.1, 0.15) is 12.4 Å². The fraction of sp³-hybridized carbons (Fsp3) is 0.174. The Bertz CT molecular complexity index is 999. The molecule has 134 valence electrons. The highest BCUT2D eigenvalue weighted by Gasteiger charge is 2.10. The van der Waals surface area contributed by atoms with Gasteiger partial charge in [0.05, 0.1) is 11.6 Å². The fourth-order valence-electron chi connectivity index (χ4n) is 2.97. The number of carbonyl (C=O) groups is 1. The summed E-state index contributed by atoms with van der Waals surface area (Å²) >= 11 is 0. The third-order valence-corrected chi connectivity index (χ3v) is 4.12. The molecule has 0 aliphatic heterocycles. The molecule has 0 fully saturated rings. The summed E-state index contributed by atoms with van der Waals surface area (Å²) in [6.07, 6.45) is 0.331. The van der Waals surface area contributed by atoms with E-state index in [0.29, 0.717) is 29.9 Å². The van der Waals surface area contributed by atoms with Crippen LogP contribution in [0.2, 0.25) is 0 Å². The van der Waals surface area contributed by atoms with Gasteiger partial charge in [-0.15, -0.1) is 0 Å². The molecule has 0 radical (unpaired) electrons. The number of ether oxygens (including phenoxy) is 1. The monoisotopic (exact) mass is 356 g/mol. The van der Waals surface area contributed by atoms with Crippen molar-refractivity contribution in [3.63, 3.8) is 0 Å². The number of nitrogens with zero attached hydrogens (tertiary/aromatic N) is 2. The number of carbonyl (C=O) groups excluding carboxylic acids is 1. The second kappa shape index (κ2) is 8.29. The maximum absolute atomic E-state index is 12.6. The zero-order valence-electron chi connectivity index (χ0n) is 15.4. The predicted molar refractivity (Wildman–Crippen MR) is 104 cm³/mol. The molecule has 4 heteroatoms. The van der Waals surface area contributed by atoms with Crippen LogP contribution in [0.25, 0.3) is 0 Å². The van der Waals surface area contributed by atoms with Crippen molar-refractivity contribution in [2.75, 3.05) is 0 Å². The first-order valence-electron chi connectivity index (χ1n) is 8.73. The number of rotatable bonds is 6. The van der Waals surface area contributed by atoms with E-state index >= 15 is 0 Å². The van der Waals surface area contributed by atoms with Gasteiger partial charge in [-0.2, -0.15) is 5.26 Å². The highest BCUT2D eigenvalue weighted by molar-refractivity contribution is 5.97. The van der Waals surface area contributed by atoms with Crippen LogP contribution in [0.4, 0.5) is 0 Å². The molecule has 3 aromatic rings. The third kappa shape index (κ3) is 5.02. The number of hydrogen-bond acceptors (Lipinski definition) is 4. The van der Waals surface area contributed by atoms with E-state index in [-0.39, 0.29) is 5.78 Å². The molecule has 0 unspecified atom stereocenters. The Balaban J connectivity index is 1.69. The minimum absolute atomic E-state index is 0.0388. The summed E-state index contributed by atoms with van der Waals surface area (Å²) in [7, 11) is 0. The molecule has 0 saturated heterocycles. The second-order valence-electron chi connectivity index (χ2n) is 6.49. The smallest absolute Gasteiger partial charge is 0.167 e. The van der Waals surface area contributed by atoms with Crippen LogP contribution >= 0.6 is 0 Å². The number of aryl methyl sites for hydroxylation is 2. The van der Waals surface area contributed by atoms with Crippen molar-refractivity contribution in [3.8, 4) is 11.8 Å². The van der Waals surface area contributed by atoms with Crippen molar-refractivity contribution in [1.29, 1.82) is 5.26 Å². The van der Waals surface area contributed by atoms with E-state index in [1.807, 2.05) is 50.2 Å². The number of aromatic nitrogens is 1. The second-order valence-corrected chi connectivity index (χ2v) is 6.49. The Hall–Kier alpha value is -3.45. The minimum atomic E-state index is 0.0388. The van der Waals surface area contributed by atoms with Gasteiger partial charge in [-0.1, -0.05) is 24.3 Å². The van der Waals surface area contributed by atoms with Crippen LogP contribution in [0, 0.1) is 25.2 Å². The summed E-state index contributed by atoms with van der Waals surface area (Å²) in [6, 6.07) is 20.5. The minimum Gasteiger partial charge on any atom is -0.489 e. The van der Waals surface area contributed by atoms with Crippen LogP contribution in [-0.4, -0.2) is 10.8 Å². The van der Waals surface area contributed by atoms with Gasteiger partial charge in [0.2, 0.25) is 0 Å². The van der Waals surface area contributed by atoms with Crippen molar-refractivity contribution in [2.45, 2.75) is 26.9 Å². The molecular weight excluding hydrogens is 336 g/mol. The molecule has 4 nitrogen and oxygen atoms in total. The normalized spacial score (nSPS) is 10.3. The molecular formula is C23H20N2O2. The van der Waals surface area contributed by atoms with Crippen molar-refractivity contribution in [2.24, 2.45) is 0 Å². The Morgan fingerprint density at radius 1 is 1.00 bits per heavy atom. The van der Waals surface area contributed by atoms with Gasteiger partial charge in [0.15, 0.2) is 5.78 Å². The van der Waals surface area contributed by atoms with Gasteiger partial charge < -0.3 is 4.74 Å². The molecule has 2 aromatic carbocycles. The van der Waals surface area contributed by atoms with Gasteiger partial charge in [-0.05, 0) is 61.4 Å². The average Bonchev–Trinajstić information content (AvgIpc) is 2.66. The SMILES string of the molecule is Cc1cc(CC(=O)c2cccc(OCc3cccc(C#N)c3)c2)cc(C)n1. The summed E-state index contributed by atoms with van der Waals surface area (Å²) in [6.45, 7) is 4.20. The lowest BCUT2D eigenvalue weighted by molar-refractivity contribution is 0.0992. The van der Waals surface area contributed by atoms with Crippen molar-refractivity contribution in [1.82, 2.24) is 4.98 Å². The molecule has 1 heterocycles. The van der Waals surface area contributed by atoms with Crippen LogP contribution in [0.5, 0.6) is 5.75 Å². The highest BCUT2D eigenvalue weighted by Crippen LogP contribution is 2.18. The average molecular weight is 356 g/mol.